The minimum atomic E-state index is 0.918. The van der Waals surface area contributed by atoms with Crippen LogP contribution < -0.4 is 0 Å². The minimum absolute atomic E-state index is 0.918. The summed E-state index contributed by atoms with van der Waals surface area (Å²) < 4.78 is 0. The predicted octanol–water partition coefficient (Wildman–Crippen LogP) is 11.7. The first kappa shape index (κ1) is 28.4. The van der Waals surface area contributed by atoms with Gasteiger partial charge in [0.2, 0.25) is 0 Å². The zero-order valence-electron chi connectivity index (χ0n) is 25.6. The lowest BCUT2D eigenvalue weighted by Crippen LogP contribution is -1.95. The minimum Gasteiger partial charge on any atom is -0.252 e. The maximum Gasteiger partial charge on any atom is 0.0825 e. The number of thiazole rings is 2. The van der Waals surface area contributed by atoms with E-state index in [0.717, 1.165) is 76.3 Å². The monoisotopic (exact) mass is 650 g/mol. The number of nitrogens with zero attached hydrogens (tertiary/aromatic N) is 4. The summed E-state index contributed by atoms with van der Waals surface area (Å²) in [5.41, 5.74) is 14.3. The molecule has 0 atom stereocenters. The predicted molar refractivity (Wildman–Crippen MR) is 201 cm³/mol. The summed E-state index contributed by atoms with van der Waals surface area (Å²) in [5, 5.41) is 4.53. The zero-order chi connectivity index (χ0) is 31.9. The third-order valence-corrected chi connectivity index (χ3v) is 10.3. The zero-order valence-corrected chi connectivity index (χ0v) is 27.2. The van der Waals surface area contributed by atoms with Gasteiger partial charge >= 0.3 is 0 Å². The van der Waals surface area contributed by atoms with E-state index in [1.807, 2.05) is 23.4 Å². The molecule has 0 radical (unpaired) electrons. The molecule has 6 heteroatoms. The fourth-order valence-electron chi connectivity index (χ4n) is 6.53. The van der Waals surface area contributed by atoms with Crippen LogP contribution in [0.5, 0.6) is 0 Å². The largest absolute Gasteiger partial charge is 0.252 e. The van der Waals surface area contributed by atoms with Crippen LogP contribution in [0.4, 0.5) is 0 Å². The second-order valence-electron chi connectivity index (χ2n) is 11.6. The Balaban J connectivity index is 1.33. The van der Waals surface area contributed by atoms with Gasteiger partial charge in [-0.25, -0.2) is 9.97 Å². The number of aromatic nitrogens is 4. The molecule has 0 saturated heterocycles. The lowest BCUT2D eigenvalue weighted by Gasteiger charge is -2.18. The second kappa shape index (κ2) is 12.1. The van der Waals surface area contributed by atoms with E-state index in [1.54, 1.807) is 22.7 Å². The molecule has 0 amide bonds. The van der Waals surface area contributed by atoms with E-state index < -0.39 is 0 Å². The molecule has 0 spiro atoms. The molecule has 0 aliphatic carbocycles. The number of benzene rings is 5. The number of hydrogen-bond acceptors (Lipinski definition) is 6. The summed E-state index contributed by atoms with van der Waals surface area (Å²) in [4.78, 5) is 21.2. The highest BCUT2D eigenvalue weighted by atomic mass is 32.1. The molecule has 226 valence electrons. The molecule has 9 rings (SSSR count). The maximum absolute atomic E-state index is 5.24. The van der Waals surface area contributed by atoms with Crippen LogP contribution in [0.25, 0.3) is 87.5 Å². The van der Waals surface area contributed by atoms with E-state index in [-0.39, 0.29) is 0 Å². The van der Waals surface area contributed by atoms with Gasteiger partial charge in [-0.2, -0.15) is 0 Å². The van der Waals surface area contributed by atoms with Gasteiger partial charge in [0.25, 0.3) is 0 Å². The molecule has 4 heterocycles. The van der Waals surface area contributed by atoms with Crippen LogP contribution in [-0.4, -0.2) is 19.9 Å². The summed E-state index contributed by atoms with van der Waals surface area (Å²) >= 11 is 3.20. The van der Waals surface area contributed by atoms with Gasteiger partial charge in [0.1, 0.15) is 0 Å². The normalized spacial score (nSPS) is 11.3. The Morgan fingerprint density at radius 1 is 0.354 bits per heavy atom. The number of fused-ring (bicyclic) bond motifs is 2. The first-order valence-corrected chi connectivity index (χ1v) is 17.4. The molecular formula is C42H26N4S2. The lowest BCUT2D eigenvalue weighted by molar-refractivity contribution is 1.33. The van der Waals surface area contributed by atoms with Gasteiger partial charge in [-0.3, -0.25) is 9.97 Å². The molecule has 0 fully saturated rings. The van der Waals surface area contributed by atoms with Gasteiger partial charge in [-0.05, 0) is 80.2 Å². The van der Waals surface area contributed by atoms with Crippen molar-refractivity contribution in [1.29, 1.82) is 0 Å². The molecule has 0 bridgehead atoms. The van der Waals surface area contributed by atoms with Crippen molar-refractivity contribution in [1.82, 2.24) is 19.9 Å². The highest BCUT2D eigenvalue weighted by Gasteiger charge is 2.20. The molecule has 48 heavy (non-hydrogen) atoms. The van der Waals surface area contributed by atoms with Crippen LogP contribution in [0.15, 0.2) is 157 Å². The topological polar surface area (TPSA) is 51.6 Å². The number of pyridine rings is 2. The molecule has 0 aliphatic heterocycles. The van der Waals surface area contributed by atoms with E-state index in [2.05, 4.69) is 143 Å². The molecule has 0 N–H and O–H groups in total. The highest BCUT2D eigenvalue weighted by molar-refractivity contribution is 7.13. The third-order valence-electron chi connectivity index (χ3n) is 8.71. The Bertz CT molecular complexity index is 2560. The number of hydrogen-bond donors (Lipinski definition) is 0. The van der Waals surface area contributed by atoms with Gasteiger partial charge in [0, 0.05) is 23.5 Å². The summed E-state index contributed by atoms with van der Waals surface area (Å²) in [7, 11) is 0. The van der Waals surface area contributed by atoms with E-state index >= 15 is 0 Å². The average Bonchev–Trinajstić information content (AvgIpc) is 3.90. The molecule has 9 aromatic rings. The second-order valence-corrected chi connectivity index (χ2v) is 13.3. The van der Waals surface area contributed by atoms with Gasteiger partial charge in [0.05, 0.1) is 43.6 Å². The fourth-order valence-corrected chi connectivity index (χ4v) is 7.71. The van der Waals surface area contributed by atoms with Gasteiger partial charge in [0.15, 0.2) is 0 Å². The third kappa shape index (κ3) is 5.08. The van der Waals surface area contributed by atoms with Gasteiger partial charge in [-0.1, -0.05) is 97.1 Å². The first-order chi connectivity index (χ1) is 23.8. The van der Waals surface area contributed by atoms with Crippen molar-refractivity contribution in [2.24, 2.45) is 0 Å². The molecule has 5 aromatic carbocycles. The number of rotatable bonds is 6. The van der Waals surface area contributed by atoms with Crippen LogP contribution in [-0.2, 0) is 0 Å². The van der Waals surface area contributed by atoms with Crippen LogP contribution in [0, 0.1) is 0 Å². The average molecular weight is 651 g/mol. The molecule has 4 aromatic heterocycles. The SMILES string of the molecule is c1ccc(-c2cccc(-c3ccc4c(-c5cccc(-c6cncs6)n5)c5ccccc5c(-c5cccc(-c6cncs6)n5)c4c3)c2)cc1. The Morgan fingerprint density at radius 2 is 0.833 bits per heavy atom. The molecule has 0 aliphatic rings. The molecule has 0 unspecified atom stereocenters. The quantitative estimate of drug-likeness (QED) is 0.168. The van der Waals surface area contributed by atoms with E-state index in [1.165, 1.54) is 11.1 Å². The van der Waals surface area contributed by atoms with Crippen LogP contribution in [0.1, 0.15) is 0 Å². The fraction of sp³-hybridized carbons (Fsp3) is 0. The van der Waals surface area contributed by atoms with Crippen molar-refractivity contribution in [3.63, 3.8) is 0 Å². The van der Waals surface area contributed by atoms with E-state index in [4.69, 9.17) is 9.97 Å². The first-order valence-electron chi connectivity index (χ1n) is 15.7. The summed E-state index contributed by atoms with van der Waals surface area (Å²) in [6.07, 6.45) is 3.77. The molecular weight excluding hydrogens is 625 g/mol. The van der Waals surface area contributed by atoms with Crippen LogP contribution in [0.3, 0.4) is 0 Å². The van der Waals surface area contributed by atoms with Crippen molar-refractivity contribution in [3.05, 3.63) is 157 Å². The van der Waals surface area contributed by atoms with Gasteiger partial charge < -0.3 is 0 Å². The Morgan fingerprint density at radius 3 is 1.44 bits per heavy atom. The Labute approximate surface area is 285 Å². The summed E-state index contributed by atoms with van der Waals surface area (Å²) in [6.45, 7) is 0. The molecule has 0 saturated carbocycles. The van der Waals surface area contributed by atoms with Crippen molar-refractivity contribution in [2.45, 2.75) is 0 Å². The van der Waals surface area contributed by atoms with E-state index in [0.29, 0.717) is 0 Å². The Hall–Kier alpha value is -5.82. The van der Waals surface area contributed by atoms with Gasteiger partial charge in [-0.15, -0.1) is 22.7 Å². The van der Waals surface area contributed by atoms with Crippen molar-refractivity contribution >= 4 is 44.2 Å². The summed E-state index contributed by atoms with van der Waals surface area (Å²) in [6, 6.07) is 47.4. The van der Waals surface area contributed by atoms with Crippen molar-refractivity contribution in [2.75, 3.05) is 0 Å². The van der Waals surface area contributed by atoms with E-state index in [9.17, 15) is 0 Å². The summed E-state index contributed by atoms with van der Waals surface area (Å²) in [5.74, 6) is 0. The van der Waals surface area contributed by atoms with Crippen LogP contribution in [0.2, 0.25) is 0 Å². The highest BCUT2D eigenvalue weighted by Crippen LogP contribution is 2.45. The molecule has 4 nitrogen and oxygen atoms in total. The van der Waals surface area contributed by atoms with Crippen molar-refractivity contribution < 1.29 is 0 Å². The Kier molecular flexibility index (Phi) is 7.15. The standard InChI is InChI=1S/C42H26N4S2/c1-2-9-27(10-3-1)28-11-6-12-29(21-28)30-19-20-33-34(22-30)42(38-18-8-16-36(46-38)40-24-44-26-48-40)32-14-5-4-13-31(32)41(33)37-17-7-15-35(45-37)39-23-43-25-47-39/h1-26H. The van der Waals surface area contributed by atoms with Crippen LogP contribution >= 0.6 is 22.7 Å². The lowest BCUT2D eigenvalue weighted by atomic mass is 9.87. The smallest absolute Gasteiger partial charge is 0.0825 e. The maximum atomic E-state index is 5.24. The van der Waals surface area contributed by atoms with Crippen molar-refractivity contribution in [3.8, 4) is 65.9 Å².